The third-order valence-electron chi connectivity index (χ3n) is 3.88. The Balaban J connectivity index is 0.00000161. The monoisotopic (exact) mass is 324 g/mol. The fraction of sp³-hybridized carbons (Fsp3) is 0.438. The summed E-state index contributed by atoms with van der Waals surface area (Å²) in [5, 5.41) is 2.41. The molecule has 2 aromatic rings. The van der Waals surface area contributed by atoms with E-state index in [1.165, 1.54) is 17.4 Å². The molecule has 0 radical (unpaired) electrons. The van der Waals surface area contributed by atoms with Crippen molar-refractivity contribution in [1.29, 1.82) is 0 Å². The van der Waals surface area contributed by atoms with Crippen LogP contribution >= 0.6 is 24.2 Å². The maximum absolute atomic E-state index is 12.1. The Labute approximate surface area is 136 Å². The molecule has 21 heavy (non-hydrogen) atoms. The van der Waals surface area contributed by atoms with E-state index in [4.69, 9.17) is 0 Å². The molecule has 1 aliphatic heterocycles. The van der Waals surface area contributed by atoms with E-state index in [9.17, 15) is 4.79 Å². The van der Waals surface area contributed by atoms with Crippen molar-refractivity contribution in [1.82, 2.24) is 9.47 Å². The minimum atomic E-state index is 0. The highest BCUT2D eigenvalue weighted by Crippen LogP contribution is 2.43. The van der Waals surface area contributed by atoms with E-state index in [0.717, 1.165) is 22.8 Å². The van der Waals surface area contributed by atoms with Crippen LogP contribution in [0.5, 0.6) is 0 Å². The van der Waals surface area contributed by atoms with Crippen LogP contribution in [0.1, 0.15) is 29.6 Å². The Morgan fingerprint density at radius 3 is 2.76 bits per heavy atom. The van der Waals surface area contributed by atoms with Gasteiger partial charge in [-0.25, -0.2) is 0 Å². The fourth-order valence-corrected chi connectivity index (χ4v) is 4.54. The second-order valence-corrected chi connectivity index (χ2v) is 6.77. The first-order valence-electron chi connectivity index (χ1n) is 7.01. The van der Waals surface area contributed by atoms with Gasteiger partial charge in [0.05, 0.1) is 10.5 Å². The number of fused-ring (bicyclic) bond motifs is 3. The predicted octanol–water partition coefficient (Wildman–Crippen LogP) is 3.86. The van der Waals surface area contributed by atoms with Crippen LogP contribution in [0.2, 0.25) is 0 Å². The Morgan fingerprint density at radius 1 is 1.38 bits per heavy atom. The highest BCUT2D eigenvalue weighted by atomic mass is 35.5. The van der Waals surface area contributed by atoms with Gasteiger partial charge >= 0.3 is 0 Å². The van der Waals surface area contributed by atoms with Crippen LogP contribution in [0.4, 0.5) is 0 Å². The van der Waals surface area contributed by atoms with Gasteiger partial charge in [-0.05, 0) is 32.1 Å². The second-order valence-electron chi connectivity index (χ2n) is 5.69. The number of thioether (sulfide) groups is 1. The molecule has 3 rings (SSSR count). The Hall–Kier alpha value is -0.970. The second kappa shape index (κ2) is 6.42. The van der Waals surface area contributed by atoms with Gasteiger partial charge in [-0.1, -0.05) is 18.2 Å². The van der Waals surface area contributed by atoms with Crippen molar-refractivity contribution in [2.45, 2.75) is 24.3 Å². The van der Waals surface area contributed by atoms with Crippen molar-refractivity contribution in [3.8, 4) is 0 Å². The largest absolute Gasteiger partial charge is 0.309 e. The number of rotatable bonds is 2. The van der Waals surface area contributed by atoms with E-state index < -0.39 is 0 Å². The molecule has 0 amide bonds. The maximum Gasteiger partial charge on any atom is 0.228 e. The number of carbonyl (C=O) groups is 1. The Bertz CT molecular complexity index is 666. The molecule has 1 aliphatic rings. The molecule has 1 unspecified atom stereocenters. The molecule has 0 spiro atoms. The Morgan fingerprint density at radius 2 is 2.10 bits per heavy atom. The van der Waals surface area contributed by atoms with Gasteiger partial charge in [-0.15, -0.1) is 24.2 Å². The molecule has 5 heteroatoms. The smallest absolute Gasteiger partial charge is 0.228 e. The standard InChI is InChI=1S/C16H20N2OS.ClH/c1-11(19)18-14-7-5-4-6-13(14)15-12(10-17(2)3)8-9-20-16(15)18;/h4-7,12H,8-10H2,1-3H3;1H. The fourth-order valence-electron chi connectivity index (χ4n) is 3.16. The lowest BCUT2D eigenvalue weighted by Crippen LogP contribution is -2.23. The van der Waals surface area contributed by atoms with Crippen molar-refractivity contribution in [3.05, 3.63) is 29.8 Å². The summed E-state index contributed by atoms with van der Waals surface area (Å²) >= 11 is 1.82. The number of para-hydroxylation sites is 1. The molecule has 0 aliphatic carbocycles. The molecule has 2 heterocycles. The van der Waals surface area contributed by atoms with Crippen LogP contribution in [-0.2, 0) is 0 Å². The lowest BCUT2D eigenvalue weighted by Gasteiger charge is -2.26. The summed E-state index contributed by atoms with van der Waals surface area (Å²) in [6, 6.07) is 8.29. The topological polar surface area (TPSA) is 25.2 Å². The van der Waals surface area contributed by atoms with Gasteiger partial charge < -0.3 is 4.90 Å². The predicted molar refractivity (Wildman–Crippen MR) is 92.1 cm³/mol. The highest BCUT2D eigenvalue weighted by Gasteiger charge is 2.29. The zero-order valence-electron chi connectivity index (χ0n) is 12.6. The lowest BCUT2D eigenvalue weighted by atomic mass is 9.95. The molecule has 1 aromatic carbocycles. The van der Waals surface area contributed by atoms with Crippen molar-refractivity contribution in [2.75, 3.05) is 26.4 Å². The summed E-state index contributed by atoms with van der Waals surface area (Å²) in [7, 11) is 4.23. The van der Waals surface area contributed by atoms with E-state index in [0.29, 0.717) is 5.92 Å². The quantitative estimate of drug-likeness (QED) is 0.838. The summed E-state index contributed by atoms with van der Waals surface area (Å²) in [6.07, 6.45) is 1.18. The van der Waals surface area contributed by atoms with Crippen LogP contribution in [0, 0.1) is 0 Å². The maximum atomic E-state index is 12.1. The van der Waals surface area contributed by atoms with Crippen molar-refractivity contribution in [3.63, 3.8) is 0 Å². The number of carbonyl (C=O) groups excluding carboxylic acids is 1. The molecule has 0 fully saturated rings. The van der Waals surface area contributed by atoms with Gasteiger partial charge in [0.25, 0.3) is 0 Å². The molecule has 0 saturated heterocycles. The third kappa shape index (κ3) is 2.85. The van der Waals surface area contributed by atoms with Crippen LogP contribution in [0.3, 0.4) is 0 Å². The van der Waals surface area contributed by atoms with Crippen molar-refractivity contribution in [2.24, 2.45) is 0 Å². The molecule has 1 atom stereocenters. The van der Waals surface area contributed by atoms with E-state index in [1.807, 2.05) is 22.4 Å². The average Bonchev–Trinajstić information content (AvgIpc) is 2.73. The number of nitrogens with zero attached hydrogens (tertiary/aromatic N) is 2. The third-order valence-corrected chi connectivity index (χ3v) is 5.00. The first-order chi connectivity index (χ1) is 9.59. The van der Waals surface area contributed by atoms with Crippen molar-refractivity contribution < 1.29 is 4.79 Å². The molecule has 114 valence electrons. The minimum absolute atomic E-state index is 0. The van der Waals surface area contributed by atoms with Gasteiger partial charge in [0.15, 0.2) is 0 Å². The van der Waals surface area contributed by atoms with Gasteiger partial charge in [-0.3, -0.25) is 9.36 Å². The Kier molecular flexibility index (Phi) is 5.02. The molecule has 1 aromatic heterocycles. The average molecular weight is 325 g/mol. The molecule has 0 bridgehead atoms. The summed E-state index contributed by atoms with van der Waals surface area (Å²) < 4.78 is 1.90. The summed E-state index contributed by atoms with van der Waals surface area (Å²) in [5.41, 5.74) is 2.43. The first kappa shape index (κ1) is 16.4. The van der Waals surface area contributed by atoms with Gasteiger partial charge in [0.2, 0.25) is 5.91 Å². The van der Waals surface area contributed by atoms with Crippen LogP contribution in [-0.4, -0.2) is 41.8 Å². The molecule has 0 N–H and O–H groups in total. The van der Waals surface area contributed by atoms with Gasteiger partial charge in [0, 0.05) is 30.5 Å². The van der Waals surface area contributed by atoms with Gasteiger partial charge in [0.1, 0.15) is 0 Å². The number of halogens is 1. The molecular weight excluding hydrogens is 304 g/mol. The SMILES string of the molecule is CC(=O)n1c2c(c3ccccc31)C(CN(C)C)CCS2.Cl. The lowest BCUT2D eigenvalue weighted by molar-refractivity contribution is 0.0932. The van der Waals surface area contributed by atoms with Crippen LogP contribution in [0.15, 0.2) is 29.3 Å². The zero-order chi connectivity index (χ0) is 14.3. The highest BCUT2D eigenvalue weighted by molar-refractivity contribution is 7.99. The molecular formula is C16H21ClN2OS. The summed E-state index contributed by atoms with van der Waals surface area (Å²) in [5.74, 6) is 1.72. The summed E-state index contributed by atoms with van der Waals surface area (Å²) in [6.45, 7) is 2.70. The van der Waals surface area contributed by atoms with E-state index in [1.54, 1.807) is 6.92 Å². The minimum Gasteiger partial charge on any atom is -0.309 e. The molecule has 3 nitrogen and oxygen atoms in total. The number of likely N-dealkylation sites (N-methyl/N-ethyl adjacent to an activating group) is 1. The van der Waals surface area contributed by atoms with Gasteiger partial charge in [-0.2, -0.15) is 0 Å². The van der Waals surface area contributed by atoms with E-state index >= 15 is 0 Å². The number of aromatic nitrogens is 1. The van der Waals surface area contributed by atoms with Crippen LogP contribution < -0.4 is 0 Å². The van der Waals surface area contributed by atoms with E-state index in [2.05, 4.69) is 37.2 Å². The first-order valence-corrected chi connectivity index (χ1v) is 8.00. The normalized spacial score (nSPS) is 17.6. The number of hydrogen-bond donors (Lipinski definition) is 0. The van der Waals surface area contributed by atoms with E-state index in [-0.39, 0.29) is 18.3 Å². The number of benzene rings is 1. The zero-order valence-corrected chi connectivity index (χ0v) is 14.3. The molecule has 0 saturated carbocycles. The number of hydrogen-bond acceptors (Lipinski definition) is 3. The summed E-state index contributed by atoms with van der Waals surface area (Å²) in [4.78, 5) is 14.3. The van der Waals surface area contributed by atoms with Crippen molar-refractivity contribution >= 4 is 41.0 Å². The van der Waals surface area contributed by atoms with Crippen LogP contribution in [0.25, 0.3) is 10.9 Å².